The van der Waals surface area contributed by atoms with Crippen LogP contribution in [0, 0.1) is 0 Å². The van der Waals surface area contributed by atoms with Crippen molar-refractivity contribution >= 4 is 39.4 Å². The van der Waals surface area contributed by atoms with E-state index < -0.39 is 6.09 Å². The molecule has 2 aromatic rings. The molecule has 0 saturated heterocycles. The number of nitrogens with one attached hydrogen (secondary N) is 1. The molecular weight excluding hydrogens is 334 g/mol. The van der Waals surface area contributed by atoms with E-state index in [0.29, 0.717) is 4.47 Å². The second-order valence-electron chi connectivity index (χ2n) is 3.51. The summed E-state index contributed by atoms with van der Waals surface area (Å²) in [6.07, 6.45) is 0.638. The Morgan fingerprint density at radius 1 is 1.32 bits per heavy atom. The second-order valence-corrected chi connectivity index (χ2v) is 4.66. The highest BCUT2D eigenvalue weighted by Crippen LogP contribution is 2.25. The summed E-state index contributed by atoms with van der Waals surface area (Å²) in [4.78, 5) is 19.2. The molecular formula is C12H9BrClN3O2. The maximum Gasteiger partial charge on any atom is 0.413 e. The van der Waals surface area contributed by atoms with E-state index >= 15 is 0 Å². The minimum Gasteiger partial charge on any atom is -0.444 e. The van der Waals surface area contributed by atoms with Gasteiger partial charge in [-0.25, -0.2) is 14.8 Å². The lowest BCUT2D eigenvalue weighted by molar-refractivity contribution is 0.155. The minimum atomic E-state index is -0.612. The Hall–Kier alpha value is -1.66. The van der Waals surface area contributed by atoms with Gasteiger partial charge in [-0.2, -0.15) is 0 Å². The first-order valence-electron chi connectivity index (χ1n) is 5.30. The maximum atomic E-state index is 11.6. The van der Waals surface area contributed by atoms with Gasteiger partial charge in [0.2, 0.25) is 0 Å². The van der Waals surface area contributed by atoms with E-state index in [1.165, 1.54) is 6.33 Å². The van der Waals surface area contributed by atoms with Gasteiger partial charge in [-0.15, -0.1) is 0 Å². The fourth-order valence-electron chi connectivity index (χ4n) is 1.29. The van der Waals surface area contributed by atoms with Crippen molar-refractivity contribution < 1.29 is 9.53 Å². The normalized spacial score (nSPS) is 10.0. The lowest BCUT2D eigenvalue weighted by Crippen LogP contribution is -2.15. The average Bonchev–Trinajstić information content (AvgIpc) is 2.43. The van der Waals surface area contributed by atoms with Crippen molar-refractivity contribution in [3.8, 4) is 0 Å². The quantitative estimate of drug-likeness (QED) is 0.865. The summed E-state index contributed by atoms with van der Waals surface area (Å²) in [5.74, 6) is 0.262. The van der Waals surface area contributed by atoms with Gasteiger partial charge in [-0.3, -0.25) is 5.32 Å². The molecule has 0 unspecified atom stereocenters. The lowest BCUT2D eigenvalue weighted by Gasteiger charge is -2.07. The molecule has 1 aromatic heterocycles. The first kappa shape index (κ1) is 13.8. The van der Waals surface area contributed by atoms with Gasteiger partial charge in [-0.1, -0.05) is 41.9 Å². The molecule has 98 valence electrons. The predicted octanol–water partition coefficient (Wildman–Crippen LogP) is 3.64. The molecule has 0 fully saturated rings. The van der Waals surface area contributed by atoms with Gasteiger partial charge in [-0.05, 0) is 21.5 Å². The zero-order valence-corrected chi connectivity index (χ0v) is 12.0. The van der Waals surface area contributed by atoms with Crippen LogP contribution in [0.4, 0.5) is 10.6 Å². The summed E-state index contributed by atoms with van der Waals surface area (Å²) < 4.78 is 5.46. The van der Waals surface area contributed by atoms with Crippen molar-refractivity contribution in [1.29, 1.82) is 0 Å². The van der Waals surface area contributed by atoms with Gasteiger partial charge in [0.15, 0.2) is 5.82 Å². The Morgan fingerprint density at radius 3 is 2.79 bits per heavy atom. The number of benzene rings is 1. The van der Waals surface area contributed by atoms with E-state index in [-0.39, 0.29) is 17.6 Å². The molecule has 5 nitrogen and oxygen atoms in total. The summed E-state index contributed by atoms with van der Waals surface area (Å²) >= 11 is 8.96. The van der Waals surface area contributed by atoms with Gasteiger partial charge in [0.25, 0.3) is 0 Å². The number of anilines is 1. The van der Waals surface area contributed by atoms with Crippen LogP contribution in [0.15, 0.2) is 41.1 Å². The number of carbonyl (C=O) groups excluding carboxylic acids is 1. The largest absolute Gasteiger partial charge is 0.444 e. The molecule has 0 saturated carbocycles. The van der Waals surface area contributed by atoms with Crippen LogP contribution in [0.2, 0.25) is 5.15 Å². The number of rotatable bonds is 3. The molecule has 1 N–H and O–H groups in total. The van der Waals surface area contributed by atoms with E-state index in [1.807, 2.05) is 30.3 Å². The average molecular weight is 343 g/mol. The van der Waals surface area contributed by atoms with Crippen LogP contribution in [0.25, 0.3) is 0 Å². The number of ether oxygens (including phenoxy) is 1. The Balaban J connectivity index is 1.93. The molecule has 1 heterocycles. The van der Waals surface area contributed by atoms with E-state index in [2.05, 4.69) is 31.2 Å². The van der Waals surface area contributed by atoms with E-state index in [9.17, 15) is 4.79 Å². The smallest absolute Gasteiger partial charge is 0.413 e. The molecule has 1 amide bonds. The van der Waals surface area contributed by atoms with Crippen LogP contribution in [-0.4, -0.2) is 16.1 Å². The van der Waals surface area contributed by atoms with Gasteiger partial charge in [0.1, 0.15) is 18.1 Å². The van der Waals surface area contributed by atoms with Gasteiger partial charge >= 0.3 is 6.09 Å². The Kier molecular flexibility index (Phi) is 4.70. The Morgan fingerprint density at radius 2 is 2.05 bits per heavy atom. The summed E-state index contributed by atoms with van der Waals surface area (Å²) in [6, 6.07) is 9.37. The number of carbonyl (C=O) groups is 1. The van der Waals surface area contributed by atoms with Crippen LogP contribution in [0.3, 0.4) is 0 Å². The van der Waals surface area contributed by atoms with Gasteiger partial charge < -0.3 is 4.74 Å². The number of hydrogen-bond acceptors (Lipinski definition) is 4. The first-order chi connectivity index (χ1) is 9.16. The molecule has 0 aliphatic carbocycles. The van der Waals surface area contributed by atoms with E-state index in [0.717, 1.165) is 5.56 Å². The Bertz CT molecular complexity index is 580. The molecule has 0 spiro atoms. The SMILES string of the molecule is O=C(Nc1ncnc(Cl)c1Br)OCc1ccccc1. The molecule has 0 aliphatic heterocycles. The standard InChI is InChI=1S/C12H9BrClN3O2/c13-9-10(14)15-7-16-11(9)17-12(18)19-6-8-4-2-1-3-5-8/h1-5,7H,6H2,(H,15,16,17,18). The fourth-order valence-corrected chi connectivity index (χ4v) is 1.73. The summed E-state index contributed by atoms with van der Waals surface area (Å²) in [6.45, 7) is 0.184. The van der Waals surface area contributed by atoms with Crippen molar-refractivity contribution in [2.24, 2.45) is 0 Å². The summed E-state index contributed by atoms with van der Waals surface area (Å²) in [5, 5.41) is 2.69. The molecule has 1 aromatic carbocycles. The molecule has 0 bridgehead atoms. The van der Waals surface area contributed by atoms with Gasteiger partial charge in [0, 0.05) is 0 Å². The highest BCUT2D eigenvalue weighted by molar-refractivity contribution is 9.10. The topological polar surface area (TPSA) is 64.1 Å². The molecule has 19 heavy (non-hydrogen) atoms. The lowest BCUT2D eigenvalue weighted by atomic mass is 10.2. The molecule has 7 heteroatoms. The number of halogens is 2. The van der Waals surface area contributed by atoms with Crippen molar-refractivity contribution in [3.63, 3.8) is 0 Å². The molecule has 2 rings (SSSR count). The number of nitrogens with zero attached hydrogens (tertiary/aromatic N) is 2. The number of aromatic nitrogens is 2. The number of amides is 1. The maximum absolute atomic E-state index is 11.6. The highest BCUT2D eigenvalue weighted by atomic mass is 79.9. The van der Waals surface area contributed by atoms with Crippen LogP contribution in [0.1, 0.15) is 5.56 Å². The third-order valence-corrected chi connectivity index (χ3v) is 3.45. The fraction of sp³-hybridized carbons (Fsp3) is 0.0833. The highest BCUT2D eigenvalue weighted by Gasteiger charge is 2.10. The van der Waals surface area contributed by atoms with Crippen LogP contribution < -0.4 is 5.32 Å². The van der Waals surface area contributed by atoms with Crippen molar-refractivity contribution in [2.45, 2.75) is 6.61 Å². The third-order valence-electron chi connectivity index (χ3n) is 2.18. The zero-order chi connectivity index (χ0) is 13.7. The summed E-state index contributed by atoms with van der Waals surface area (Å²) in [7, 11) is 0. The molecule has 0 radical (unpaired) electrons. The van der Waals surface area contributed by atoms with Gasteiger partial charge in [0.05, 0.1) is 4.47 Å². The monoisotopic (exact) mass is 341 g/mol. The molecule has 0 atom stereocenters. The third kappa shape index (κ3) is 3.90. The van der Waals surface area contributed by atoms with Crippen molar-refractivity contribution in [1.82, 2.24) is 9.97 Å². The first-order valence-corrected chi connectivity index (χ1v) is 6.47. The predicted molar refractivity (Wildman–Crippen MR) is 75.0 cm³/mol. The van der Waals surface area contributed by atoms with E-state index in [4.69, 9.17) is 16.3 Å². The van der Waals surface area contributed by atoms with Crippen LogP contribution >= 0.6 is 27.5 Å². The summed E-state index contributed by atoms with van der Waals surface area (Å²) in [5.41, 5.74) is 0.900. The number of hydrogen-bond donors (Lipinski definition) is 1. The second kappa shape index (κ2) is 6.49. The van der Waals surface area contributed by atoms with Crippen molar-refractivity contribution in [3.05, 3.63) is 51.8 Å². The van der Waals surface area contributed by atoms with Crippen molar-refractivity contribution in [2.75, 3.05) is 5.32 Å². The Labute approximate surface area is 123 Å². The zero-order valence-electron chi connectivity index (χ0n) is 9.64. The molecule has 0 aliphatic rings. The minimum absolute atomic E-state index is 0.184. The van der Waals surface area contributed by atoms with Crippen LogP contribution in [0.5, 0.6) is 0 Å². The van der Waals surface area contributed by atoms with E-state index in [1.54, 1.807) is 0 Å². The van der Waals surface area contributed by atoms with Crippen LogP contribution in [-0.2, 0) is 11.3 Å².